The monoisotopic (exact) mass is 413 g/mol. The second kappa shape index (κ2) is 18.0. The van der Waals surface area contributed by atoms with Gasteiger partial charge in [0.25, 0.3) is 0 Å². The average Bonchev–Trinajstić information content (AvgIpc) is 2.70. The molecule has 0 radical (unpaired) electrons. The molecule has 172 valence electrons. The molecule has 1 rings (SSSR count). The molecule has 5 nitrogen and oxygen atoms in total. The number of carbonyl (C=O) groups excluding carboxylic acids is 1. The van der Waals surface area contributed by atoms with Crippen LogP contribution in [-0.2, 0) is 9.47 Å². The molecule has 0 aromatic carbocycles. The summed E-state index contributed by atoms with van der Waals surface area (Å²) in [4.78, 5) is 11.6. The van der Waals surface area contributed by atoms with E-state index < -0.39 is 11.7 Å². The molecular formula is C24H47NO4. The number of hydrogen-bond donors (Lipinski definition) is 2. The summed E-state index contributed by atoms with van der Waals surface area (Å²) in [6.07, 6.45) is 21.9. The van der Waals surface area contributed by atoms with Crippen molar-refractivity contribution in [3.05, 3.63) is 0 Å². The van der Waals surface area contributed by atoms with Gasteiger partial charge in [-0.25, -0.2) is 4.79 Å². The molecule has 0 aromatic heterocycles. The molecule has 5 heteroatoms. The zero-order chi connectivity index (χ0) is 21.0. The van der Waals surface area contributed by atoms with E-state index in [0.29, 0.717) is 13.2 Å². The van der Waals surface area contributed by atoms with Crippen LogP contribution in [0.15, 0.2) is 0 Å². The van der Waals surface area contributed by atoms with Crippen molar-refractivity contribution in [3.8, 4) is 0 Å². The maximum atomic E-state index is 11.6. The Labute approximate surface area is 179 Å². The molecule has 1 aliphatic rings. The molecule has 0 aromatic rings. The van der Waals surface area contributed by atoms with Gasteiger partial charge in [0.1, 0.15) is 12.2 Å². The molecule has 29 heavy (non-hydrogen) atoms. The number of hydrogen-bond acceptors (Lipinski definition) is 4. The standard InChI is InChI=1S/C24H47NO4/c1-2-3-4-5-6-7-8-9-10-11-12-13-14-15-16-17-19-25-23(27)28-22-24(21-26)18-20-29-24/h26H,2-22H2,1H3,(H,25,27). The Morgan fingerprint density at radius 1 is 0.862 bits per heavy atom. The molecule has 1 amide bonds. The maximum Gasteiger partial charge on any atom is 0.407 e. The minimum Gasteiger partial charge on any atom is -0.446 e. The van der Waals surface area contributed by atoms with E-state index in [1.807, 2.05) is 0 Å². The first-order chi connectivity index (χ1) is 14.2. The van der Waals surface area contributed by atoms with Crippen LogP contribution in [0.2, 0.25) is 0 Å². The lowest BCUT2D eigenvalue weighted by Crippen LogP contribution is -2.51. The lowest BCUT2D eigenvalue weighted by atomic mass is 9.97. The Hall–Kier alpha value is -0.810. The molecule has 1 aliphatic heterocycles. The second-order valence-corrected chi connectivity index (χ2v) is 8.75. The largest absolute Gasteiger partial charge is 0.446 e. The molecular weight excluding hydrogens is 366 g/mol. The van der Waals surface area contributed by atoms with Crippen molar-refractivity contribution in [2.45, 2.75) is 122 Å². The summed E-state index contributed by atoms with van der Waals surface area (Å²) >= 11 is 0. The van der Waals surface area contributed by atoms with Crippen LogP contribution < -0.4 is 5.32 Å². The number of aliphatic hydroxyl groups is 1. The van der Waals surface area contributed by atoms with E-state index in [2.05, 4.69) is 12.2 Å². The Balaban J connectivity index is 1.73. The van der Waals surface area contributed by atoms with E-state index in [4.69, 9.17) is 9.47 Å². The van der Waals surface area contributed by atoms with Crippen molar-refractivity contribution in [1.29, 1.82) is 0 Å². The van der Waals surface area contributed by atoms with Crippen molar-refractivity contribution in [3.63, 3.8) is 0 Å². The van der Waals surface area contributed by atoms with Crippen LogP contribution in [0.25, 0.3) is 0 Å². The van der Waals surface area contributed by atoms with Crippen LogP contribution in [-0.4, -0.2) is 43.2 Å². The van der Waals surface area contributed by atoms with Crippen LogP contribution in [0.3, 0.4) is 0 Å². The lowest BCUT2D eigenvalue weighted by Gasteiger charge is -2.39. The molecule has 1 unspecified atom stereocenters. The fourth-order valence-electron chi connectivity index (χ4n) is 3.79. The Bertz CT molecular complexity index is 380. The van der Waals surface area contributed by atoms with Crippen molar-refractivity contribution in [2.75, 3.05) is 26.4 Å². The smallest absolute Gasteiger partial charge is 0.407 e. The van der Waals surface area contributed by atoms with Gasteiger partial charge in [-0.2, -0.15) is 0 Å². The zero-order valence-electron chi connectivity index (χ0n) is 19.0. The third-order valence-electron chi connectivity index (χ3n) is 6.02. The summed E-state index contributed by atoms with van der Waals surface area (Å²) in [7, 11) is 0. The second-order valence-electron chi connectivity index (χ2n) is 8.75. The summed E-state index contributed by atoms with van der Waals surface area (Å²) in [6.45, 7) is 3.60. The summed E-state index contributed by atoms with van der Waals surface area (Å²) in [5.41, 5.74) is -0.647. The fourth-order valence-corrected chi connectivity index (χ4v) is 3.79. The number of rotatable bonds is 20. The zero-order valence-corrected chi connectivity index (χ0v) is 19.0. The van der Waals surface area contributed by atoms with Crippen molar-refractivity contribution in [2.24, 2.45) is 0 Å². The highest BCUT2D eigenvalue weighted by atomic mass is 16.6. The summed E-state index contributed by atoms with van der Waals surface area (Å²) in [6, 6.07) is 0. The van der Waals surface area contributed by atoms with E-state index in [9.17, 15) is 9.90 Å². The number of aliphatic hydroxyl groups excluding tert-OH is 1. The van der Waals surface area contributed by atoms with Crippen LogP contribution in [0, 0.1) is 0 Å². The number of nitrogens with one attached hydrogen (secondary N) is 1. The SMILES string of the molecule is CCCCCCCCCCCCCCCCCCNC(=O)OCC1(CO)CCO1. The van der Waals surface area contributed by atoms with E-state index in [0.717, 1.165) is 19.3 Å². The van der Waals surface area contributed by atoms with Gasteiger partial charge < -0.3 is 19.9 Å². The topological polar surface area (TPSA) is 67.8 Å². The summed E-state index contributed by atoms with van der Waals surface area (Å²) in [5, 5.41) is 12.0. The summed E-state index contributed by atoms with van der Waals surface area (Å²) < 4.78 is 10.4. The minimum absolute atomic E-state index is 0.0978. The van der Waals surface area contributed by atoms with Gasteiger partial charge in [-0.3, -0.25) is 0 Å². The predicted molar refractivity (Wildman–Crippen MR) is 119 cm³/mol. The quantitative estimate of drug-likeness (QED) is 0.236. The molecule has 1 saturated heterocycles. The number of ether oxygens (including phenoxy) is 2. The van der Waals surface area contributed by atoms with Crippen molar-refractivity contribution < 1.29 is 19.4 Å². The summed E-state index contributed by atoms with van der Waals surface area (Å²) in [5.74, 6) is 0. The molecule has 1 fully saturated rings. The fraction of sp³-hybridized carbons (Fsp3) is 0.958. The number of amides is 1. The Kier molecular flexibility index (Phi) is 16.3. The third kappa shape index (κ3) is 13.9. The molecule has 1 heterocycles. The third-order valence-corrected chi connectivity index (χ3v) is 6.02. The minimum atomic E-state index is -0.647. The van der Waals surface area contributed by atoms with E-state index in [-0.39, 0.29) is 13.2 Å². The van der Waals surface area contributed by atoms with Crippen LogP contribution in [0.5, 0.6) is 0 Å². The van der Waals surface area contributed by atoms with Crippen LogP contribution in [0.1, 0.15) is 116 Å². The van der Waals surface area contributed by atoms with Gasteiger partial charge in [0.15, 0.2) is 0 Å². The highest BCUT2D eigenvalue weighted by Crippen LogP contribution is 2.25. The van der Waals surface area contributed by atoms with Gasteiger partial charge in [0.05, 0.1) is 13.2 Å². The number of alkyl carbamates (subject to hydrolysis) is 1. The molecule has 0 saturated carbocycles. The first-order valence-corrected chi connectivity index (χ1v) is 12.4. The molecule has 0 aliphatic carbocycles. The molecule has 1 atom stereocenters. The first kappa shape index (κ1) is 26.2. The molecule has 0 bridgehead atoms. The van der Waals surface area contributed by atoms with Crippen molar-refractivity contribution in [1.82, 2.24) is 5.32 Å². The van der Waals surface area contributed by atoms with Crippen LogP contribution in [0.4, 0.5) is 4.79 Å². The first-order valence-electron chi connectivity index (χ1n) is 12.4. The van der Waals surface area contributed by atoms with E-state index >= 15 is 0 Å². The van der Waals surface area contributed by atoms with Gasteiger partial charge in [-0.15, -0.1) is 0 Å². The Morgan fingerprint density at radius 3 is 1.69 bits per heavy atom. The highest BCUT2D eigenvalue weighted by molar-refractivity contribution is 5.67. The van der Waals surface area contributed by atoms with Gasteiger partial charge in [-0.1, -0.05) is 103 Å². The van der Waals surface area contributed by atoms with Gasteiger partial charge in [0, 0.05) is 13.0 Å². The number of carbonyl (C=O) groups is 1. The van der Waals surface area contributed by atoms with Crippen molar-refractivity contribution >= 4 is 6.09 Å². The maximum absolute atomic E-state index is 11.6. The Morgan fingerprint density at radius 2 is 1.31 bits per heavy atom. The van der Waals surface area contributed by atoms with E-state index in [1.165, 1.54) is 89.9 Å². The average molecular weight is 414 g/mol. The van der Waals surface area contributed by atoms with Crippen LogP contribution >= 0.6 is 0 Å². The van der Waals surface area contributed by atoms with E-state index in [1.54, 1.807) is 0 Å². The van der Waals surface area contributed by atoms with Gasteiger partial charge in [0.2, 0.25) is 0 Å². The normalized spacial score (nSPS) is 18.4. The molecule has 0 spiro atoms. The lowest BCUT2D eigenvalue weighted by molar-refractivity contribution is -0.190. The van der Waals surface area contributed by atoms with Gasteiger partial charge in [-0.05, 0) is 6.42 Å². The number of unbranched alkanes of at least 4 members (excludes halogenated alkanes) is 15. The predicted octanol–water partition coefficient (Wildman–Crippen LogP) is 6.13. The van der Waals surface area contributed by atoms with Gasteiger partial charge >= 0.3 is 6.09 Å². The highest BCUT2D eigenvalue weighted by Gasteiger charge is 2.39. The molecule has 2 N–H and O–H groups in total.